The molecular formula is C19H23N5OS. The van der Waals surface area contributed by atoms with E-state index in [-0.39, 0.29) is 11.9 Å². The Morgan fingerprint density at radius 3 is 2.73 bits per heavy atom. The molecule has 0 saturated carbocycles. The zero-order chi connectivity index (χ0) is 18.8. The fraction of sp³-hybridized carbons (Fsp3) is 0.368. The monoisotopic (exact) mass is 369 g/mol. The number of hydrogen-bond acceptors (Lipinski definition) is 6. The van der Waals surface area contributed by atoms with E-state index in [1.807, 2.05) is 52.9 Å². The van der Waals surface area contributed by atoms with E-state index >= 15 is 0 Å². The van der Waals surface area contributed by atoms with Gasteiger partial charge in [0.25, 0.3) is 5.91 Å². The quantitative estimate of drug-likeness (QED) is 0.741. The first-order valence-electron chi connectivity index (χ1n) is 8.56. The van der Waals surface area contributed by atoms with E-state index in [1.165, 1.54) is 17.7 Å². The van der Waals surface area contributed by atoms with Gasteiger partial charge in [-0.15, -0.1) is 11.3 Å². The number of hydrogen-bond donors (Lipinski definition) is 1. The lowest BCUT2D eigenvalue weighted by Crippen LogP contribution is -2.32. The average Bonchev–Trinajstić information content (AvgIpc) is 2.96. The van der Waals surface area contributed by atoms with Crippen molar-refractivity contribution in [2.24, 2.45) is 0 Å². The molecule has 26 heavy (non-hydrogen) atoms. The third-order valence-electron chi connectivity index (χ3n) is 4.40. The summed E-state index contributed by atoms with van der Waals surface area (Å²) in [5.74, 6) is 0.755. The van der Waals surface area contributed by atoms with E-state index in [1.54, 1.807) is 4.90 Å². The molecule has 6 nitrogen and oxygen atoms in total. The van der Waals surface area contributed by atoms with Crippen molar-refractivity contribution in [3.8, 4) is 0 Å². The van der Waals surface area contributed by atoms with E-state index in [9.17, 15) is 4.79 Å². The van der Waals surface area contributed by atoms with Crippen LogP contribution in [0.4, 0.5) is 5.82 Å². The van der Waals surface area contributed by atoms with Crippen molar-refractivity contribution < 1.29 is 4.79 Å². The number of nitrogens with one attached hydrogen (secondary N) is 1. The van der Waals surface area contributed by atoms with Crippen molar-refractivity contribution in [3.05, 3.63) is 46.4 Å². The van der Waals surface area contributed by atoms with Gasteiger partial charge in [0.15, 0.2) is 0 Å². The highest BCUT2D eigenvalue weighted by atomic mass is 32.1. The predicted molar refractivity (Wildman–Crippen MR) is 106 cm³/mol. The number of amides is 1. The van der Waals surface area contributed by atoms with Crippen LogP contribution in [-0.2, 0) is 6.54 Å². The highest BCUT2D eigenvalue weighted by Crippen LogP contribution is 2.34. The Morgan fingerprint density at radius 2 is 2.04 bits per heavy atom. The fourth-order valence-electron chi connectivity index (χ4n) is 2.68. The van der Waals surface area contributed by atoms with Gasteiger partial charge in [0.1, 0.15) is 17.0 Å². The molecule has 3 aromatic heterocycles. The molecule has 3 rings (SSSR count). The Balaban J connectivity index is 1.93. The molecule has 3 aromatic rings. The number of carbonyl (C=O) groups is 1. The van der Waals surface area contributed by atoms with Crippen LogP contribution in [0.3, 0.4) is 0 Å². The SMILES string of the molecule is Cc1cccc(CNc2ncnc3sc(C(=O)N(C)C(C)C)c(C)c23)n1. The smallest absolute Gasteiger partial charge is 0.264 e. The molecule has 0 aromatic carbocycles. The van der Waals surface area contributed by atoms with Crippen LogP contribution in [0.1, 0.15) is 40.5 Å². The van der Waals surface area contributed by atoms with Gasteiger partial charge in [-0.05, 0) is 45.4 Å². The first-order chi connectivity index (χ1) is 12.4. The van der Waals surface area contributed by atoms with Gasteiger partial charge in [-0.25, -0.2) is 9.97 Å². The van der Waals surface area contributed by atoms with Gasteiger partial charge in [0, 0.05) is 18.8 Å². The standard InChI is InChI=1S/C19H23N5OS/c1-11(2)24(5)19(25)16-13(4)15-17(21-10-22-18(15)26-16)20-9-14-8-6-7-12(3)23-14/h6-8,10-11H,9H2,1-5H3,(H,20,21,22). The number of thiophene rings is 1. The lowest BCUT2D eigenvalue weighted by Gasteiger charge is -2.20. The number of aryl methyl sites for hydroxylation is 2. The second-order valence-corrected chi connectivity index (χ2v) is 7.59. The van der Waals surface area contributed by atoms with Crippen LogP contribution in [0.2, 0.25) is 0 Å². The molecule has 0 atom stereocenters. The molecule has 0 unspecified atom stereocenters. The van der Waals surface area contributed by atoms with Crippen LogP contribution in [0.15, 0.2) is 24.5 Å². The molecule has 0 spiro atoms. The maximum atomic E-state index is 12.8. The molecule has 0 fully saturated rings. The molecule has 7 heteroatoms. The Kier molecular flexibility index (Phi) is 5.18. The van der Waals surface area contributed by atoms with Gasteiger partial charge < -0.3 is 10.2 Å². The van der Waals surface area contributed by atoms with Crippen molar-refractivity contribution in [2.75, 3.05) is 12.4 Å². The summed E-state index contributed by atoms with van der Waals surface area (Å²) in [5.41, 5.74) is 2.84. The number of fused-ring (bicyclic) bond motifs is 1. The van der Waals surface area contributed by atoms with E-state index in [0.717, 1.165) is 33.0 Å². The molecule has 1 amide bonds. The Morgan fingerprint density at radius 1 is 1.27 bits per heavy atom. The number of carbonyl (C=O) groups excluding carboxylic acids is 1. The molecule has 3 heterocycles. The van der Waals surface area contributed by atoms with Gasteiger partial charge in [0.2, 0.25) is 0 Å². The summed E-state index contributed by atoms with van der Waals surface area (Å²) in [6.07, 6.45) is 1.53. The molecule has 0 bridgehead atoms. The minimum Gasteiger partial charge on any atom is -0.364 e. The van der Waals surface area contributed by atoms with Gasteiger partial charge >= 0.3 is 0 Å². The summed E-state index contributed by atoms with van der Waals surface area (Å²) in [6.45, 7) is 8.50. The van der Waals surface area contributed by atoms with E-state index in [0.29, 0.717) is 11.4 Å². The fourth-order valence-corrected chi connectivity index (χ4v) is 3.81. The van der Waals surface area contributed by atoms with Gasteiger partial charge in [-0.1, -0.05) is 6.07 Å². The summed E-state index contributed by atoms with van der Waals surface area (Å²) in [7, 11) is 1.82. The van der Waals surface area contributed by atoms with Crippen LogP contribution >= 0.6 is 11.3 Å². The lowest BCUT2D eigenvalue weighted by atomic mass is 10.2. The number of aromatic nitrogens is 3. The third-order valence-corrected chi connectivity index (χ3v) is 5.59. The normalized spacial score (nSPS) is 11.2. The molecule has 0 saturated heterocycles. The maximum absolute atomic E-state index is 12.8. The first kappa shape index (κ1) is 18.3. The minimum atomic E-state index is 0.0202. The zero-order valence-corrected chi connectivity index (χ0v) is 16.5. The molecule has 0 aliphatic rings. The van der Waals surface area contributed by atoms with Crippen molar-refractivity contribution in [1.82, 2.24) is 19.9 Å². The molecule has 0 aliphatic carbocycles. The van der Waals surface area contributed by atoms with Crippen molar-refractivity contribution in [1.29, 1.82) is 0 Å². The second-order valence-electron chi connectivity index (χ2n) is 6.59. The number of pyridine rings is 1. The summed E-state index contributed by atoms with van der Waals surface area (Å²) >= 11 is 1.42. The third kappa shape index (κ3) is 3.53. The summed E-state index contributed by atoms with van der Waals surface area (Å²) < 4.78 is 0. The number of anilines is 1. The summed E-state index contributed by atoms with van der Waals surface area (Å²) in [5, 5.41) is 4.25. The Labute approximate surface area is 157 Å². The maximum Gasteiger partial charge on any atom is 0.264 e. The van der Waals surface area contributed by atoms with Crippen LogP contribution in [0.5, 0.6) is 0 Å². The number of rotatable bonds is 5. The van der Waals surface area contributed by atoms with Gasteiger partial charge in [-0.3, -0.25) is 9.78 Å². The highest BCUT2D eigenvalue weighted by molar-refractivity contribution is 7.20. The van der Waals surface area contributed by atoms with Crippen molar-refractivity contribution in [2.45, 2.75) is 40.3 Å². The minimum absolute atomic E-state index is 0.0202. The topological polar surface area (TPSA) is 71.0 Å². The van der Waals surface area contributed by atoms with E-state index < -0.39 is 0 Å². The largest absolute Gasteiger partial charge is 0.364 e. The molecule has 136 valence electrons. The van der Waals surface area contributed by atoms with Crippen LogP contribution in [0, 0.1) is 13.8 Å². The zero-order valence-electron chi connectivity index (χ0n) is 15.7. The number of nitrogens with zero attached hydrogens (tertiary/aromatic N) is 4. The average molecular weight is 369 g/mol. The summed E-state index contributed by atoms with van der Waals surface area (Å²) in [4.78, 5) is 29.3. The van der Waals surface area contributed by atoms with Gasteiger partial charge in [0.05, 0.1) is 22.5 Å². The molecule has 0 aliphatic heterocycles. The van der Waals surface area contributed by atoms with Crippen LogP contribution in [0.25, 0.3) is 10.2 Å². The summed E-state index contributed by atoms with van der Waals surface area (Å²) in [6, 6.07) is 6.08. The Bertz CT molecular complexity index is 950. The second kappa shape index (κ2) is 7.37. The van der Waals surface area contributed by atoms with Crippen LogP contribution < -0.4 is 5.32 Å². The predicted octanol–water partition coefficient (Wildman–Crippen LogP) is 3.80. The lowest BCUT2D eigenvalue weighted by molar-refractivity contribution is 0.0759. The van der Waals surface area contributed by atoms with Gasteiger partial charge in [-0.2, -0.15) is 0 Å². The molecular weight excluding hydrogens is 346 g/mol. The van der Waals surface area contributed by atoms with E-state index in [2.05, 4.69) is 20.3 Å². The first-order valence-corrected chi connectivity index (χ1v) is 9.37. The van der Waals surface area contributed by atoms with E-state index in [4.69, 9.17) is 0 Å². The van der Waals surface area contributed by atoms with Crippen molar-refractivity contribution >= 4 is 33.3 Å². The van der Waals surface area contributed by atoms with Crippen molar-refractivity contribution in [3.63, 3.8) is 0 Å². The Hall–Kier alpha value is -2.54. The van der Waals surface area contributed by atoms with Crippen LogP contribution in [-0.4, -0.2) is 38.8 Å². The molecule has 0 radical (unpaired) electrons. The highest BCUT2D eigenvalue weighted by Gasteiger charge is 2.22. The molecule has 1 N–H and O–H groups in total.